The Balaban J connectivity index is 1.23. The van der Waals surface area contributed by atoms with Crippen molar-refractivity contribution in [3.05, 3.63) is 144 Å². The lowest BCUT2D eigenvalue weighted by atomic mass is 9.70. The van der Waals surface area contributed by atoms with Crippen LogP contribution in [0.15, 0.2) is 121 Å². The van der Waals surface area contributed by atoms with Crippen molar-refractivity contribution >= 4 is 5.97 Å². The van der Waals surface area contributed by atoms with E-state index < -0.39 is 36.7 Å². The smallest absolute Gasteiger partial charge is 0.338 e. The number of ether oxygens (including phenoxy) is 6. The number of benzene rings is 4. The van der Waals surface area contributed by atoms with Gasteiger partial charge in [-0.05, 0) is 64.8 Å². The molecule has 3 aliphatic rings. The topological polar surface area (TPSA) is 72.5 Å². The first-order valence-electron chi connectivity index (χ1n) is 18.3. The Morgan fingerprint density at radius 1 is 0.686 bits per heavy atom. The molecule has 1 saturated heterocycles. The number of carbonyl (C=O) groups excluding carboxylic acids is 1. The van der Waals surface area contributed by atoms with Gasteiger partial charge in [-0.1, -0.05) is 130 Å². The zero-order valence-corrected chi connectivity index (χ0v) is 29.9. The van der Waals surface area contributed by atoms with Gasteiger partial charge in [-0.25, -0.2) is 4.79 Å². The highest BCUT2D eigenvalue weighted by Gasteiger charge is 2.63. The van der Waals surface area contributed by atoms with Gasteiger partial charge >= 0.3 is 5.97 Å². The van der Waals surface area contributed by atoms with E-state index in [1.807, 2.05) is 109 Å². The molecule has 4 aromatic rings. The molecule has 5 unspecified atom stereocenters. The number of hydrogen-bond acceptors (Lipinski definition) is 7. The fourth-order valence-corrected chi connectivity index (χ4v) is 8.30. The SMILES string of the molecule is CC1(C)C2CCC1(C)[C@@H](O[C@@H]1OC(COCc3ccccc3)[C@@H](OCc3ccccc3)C(OCc3ccccc3)C1OC(=O)c1ccccc1)C2. The van der Waals surface area contributed by atoms with Crippen LogP contribution in [0.3, 0.4) is 0 Å². The summed E-state index contributed by atoms with van der Waals surface area (Å²) in [5.41, 5.74) is 3.58. The average molecular weight is 691 g/mol. The lowest BCUT2D eigenvalue weighted by molar-refractivity contribution is -0.333. The third-order valence-corrected chi connectivity index (χ3v) is 11.8. The Morgan fingerprint density at radius 3 is 1.75 bits per heavy atom. The minimum atomic E-state index is -0.918. The quantitative estimate of drug-likeness (QED) is 0.123. The summed E-state index contributed by atoms with van der Waals surface area (Å²) >= 11 is 0. The summed E-state index contributed by atoms with van der Waals surface area (Å²) in [5.74, 6) is 0.0877. The van der Waals surface area contributed by atoms with Gasteiger partial charge in [0.25, 0.3) is 0 Å². The Hall–Kier alpha value is -3.85. The molecule has 7 rings (SSSR count). The average Bonchev–Trinajstić information content (AvgIpc) is 3.50. The van der Waals surface area contributed by atoms with Crippen LogP contribution in [0.25, 0.3) is 0 Å². The molecule has 1 aliphatic heterocycles. The molecular formula is C44H50O7. The normalized spacial score (nSPS) is 29.5. The summed E-state index contributed by atoms with van der Waals surface area (Å²) in [7, 11) is 0. The largest absolute Gasteiger partial charge is 0.450 e. The van der Waals surface area contributed by atoms with E-state index in [2.05, 4.69) is 20.8 Å². The van der Waals surface area contributed by atoms with Gasteiger partial charge in [0.1, 0.15) is 18.3 Å². The van der Waals surface area contributed by atoms with Gasteiger partial charge in [-0.3, -0.25) is 0 Å². The summed E-state index contributed by atoms with van der Waals surface area (Å²) < 4.78 is 40.3. The molecule has 0 N–H and O–H groups in total. The minimum absolute atomic E-state index is 0.0463. The third kappa shape index (κ3) is 7.84. The molecule has 2 bridgehead atoms. The van der Waals surface area contributed by atoms with Crippen molar-refractivity contribution in [2.45, 2.75) is 96.7 Å². The van der Waals surface area contributed by atoms with Crippen LogP contribution >= 0.6 is 0 Å². The molecule has 4 aromatic carbocycles. The van der Waals surface area contributed by atoms with Gasteiger partial charge in [0.2, 0.25) is 0 Å². The first-order valence-corrected chi connectivity index (χ1v) is 18.3. The molecule has 268 valence electrons. The molecule has 3 fully saturated rings. The van der Waals surface area contributed by atoms with E-state index in [9.17, 15) is 4.79 Å². The van der Waals surface area contributed by atoms with E-state index in [0.29, 0.717) is 24.7 Å². The monoisotopic (exact) mass is 690 g/mol. The van der Waals surface area contributed by atoms with E-state index in [1.165, 1.54) is 6.42 Å². The maximum absolute atomic E-state index is 13.9. The highest BCUT2D eigenvalue weighted by atomic mass is 16.7. The first kappa shape index (κ1) is 35.5. The highest BCUT2D eigenvalue weighted by Crippen LogP contribution is 2.66. The van der Waals surface area contributed by atoms with Crippen LogP contribution in [0.5, 0.6) is 0 Å². The van der Waals surface area contributed by atoms with Crippen molar-refractivity contribution in [2.24, 2.45) is 16.7 Å². The van der Waals surface area contributed by atoms with Crippen molar-refractivity contribution < 1.29 is 33.2 Å². The Morgan fingerprint density at radius 2 is 1.22 bits per heavy atom. The molecule has 7 nitrogen and oxygen atoms in total. The van der Waals surface area contributed by atoms with Crippen LogP contribution in [0.2, 0.25) is 0 Å². The zero-order chi connectivity index (χ0) is 35.3. The van der Waals surface area contributed by atoms with Crippen LogP contribution in [-0.2, 0) is 48.2 Å². The standard InChI is InChI=1S/C44H50O7/c1-43(2)35-24-25-44(43,3)37(26-35)50-42-40(51-41(45)34-22-14-7-15-23-34)39(48-29-33-20-12-6-13-21-33)38(47-28-32-18-10-5-11-19-32)36(49-42)30-46-27-31-16-8-4-9-17-31/h4-23,35-40,42H,24-30H2,1-3H3/t35?,36?,37-,38+,39?,40?,42-,44?/m0/s1. The molecule has 0 aromatic heterocycles. The van der Waals surface area contributed by atoms with Gasteiger partial charge < -0.3 is 28.4 Å². The molecule has 2 saturated carbocycles. The molecule has 8 atom stereocenters. The first-order chi connectivity index (χ1) is 24.8. The fraction of sp³-hybridized carbons (Fsp3) is 0.432. The highest BCUT2D eigenvalue weighted by molar-refractivity contribution is 5.89. The zero-order valence-electron chi connectivity index (χ0n) is 29.9. The summed E-state index contributed by atoms with van der Waals surface area (Å²) in [6.07, 6.45) is -0.648. The van der Waals surface area contributed by atoms with Crippen LogP contribution in [0.1, 0.15) is 67.1 Å². The predicted molar refractivity (Wildman–Crippen MR) is 195 cm³/mol. The molecule has 1 heterocycles. The third-order valence-electron chi connectivity index (χ3n) is 11.8. The number of carbonyl (C=O) groups is 1. The van der Waals surface area contributed by atoms with Gasteiger partial charge in [0.15, 0.2) is 12.4 Å². The summed E-state index contributed by atoms with van der Waals surface area (Å²) in [5, 5.41) is 0. The number of esters is 1. The van der Waals surface area contributed by atoms with Gasteiger partial charge in [-0.2, -0.15) is 0 Å². The van der Waals surface area contributed by atoms with Gasteiger partial charge in [-0.15, -0.1) is 0 Å². The van der Waals surface area contributed by atoms with Crippen LogP contribution in [0, 0.1) is 16.7 Å². The van der Waals surface area contributed by atoms with E-state index in [4.69, 9.17) is 28.4 Å². The number of rotatable bonds is 14. The van der Waals surface area contributed by atoms with Crippen molar-refractivity contribution in [2.75, 3.05) is 6.61 Å². The van der Waals surface area contributed by atoms with Crippen LogP contribution in [-0.4, -0.2) is 49.4 Å². The van der Waals surface area contributed by atoms with E-state index in [0.717, 1.165) is 29.5 Å². The van der Waals surface area contributed by atoms with Crippen molar-refractivity contribution in [1.29, 1.82) is 0 Å². The molecule has 7 heteroatoms. The summed E-state index contributed by atoms with van der Waals surface area (Å²) in [6.45, 7) is 8.32. The Bertz CT molecular complexity index is 1680. The molecule has 0 spiro atoms. The summed E-state index contributed by atoms with van der Waals surface area (Å²) in [4.78, 5) is 13.9. The van der Waals surface area contributed by atoms with Crippen molar-refractivity contribution in [3.63, 3.8) is 0 Å². The van der Waals surface area contributed by atoms with Gasteiger partial charge in [0.05, 0.1) is 38.1 Å². The molecule has 0 amide bonds. The second-order valence-electron chi connectivity index (χ2n) is 15.0. The number of hydrogen-bond donors (Lipinski definition) is 0. The fourth-order valence-electron chi connectivity index (χ4n) is 8.30. The van der Waals surface area contributed by atoms with Crippen LogP contribution in [0.4, 0.5) is 0 Å². The summed E-state index contributed by atoms with van der Waals surface area (Å²) in [6, 6.07) is 39.2. The van der Waals surface area contributed by atoms with Crippen molar-refractivity contribution in [3.8, 4) is 0 Å². The molecule has 2 aliphatic carbocycles. The minimum Gasteiger partial charge on any atom is -0.450 e. The lowest BCUT2D eigenvalue weighted by Gasteiger charge is -2.48. The van der Waals surface area contributed by atoms with Crippen LogP contribution < -0.4 is 0 Å². The Labute approximate surface area is 302 Å². The maximum Gasteiger partial charge on any atom is 0.338 e. The second-order valence-corrected chi connectivity index (χ2v) is 15.0. The number of fused-ring (bicyclic) bond motifs is 2. The van der Waals surface area contributed by atoms with Crippen molar-refractivity contribution in [1.82, 2.24) is 0 Å². The lowest BCUT2D eigenvalue weighted by Crippen LogP contribution is -2.63. The molecular weight excluding hydrogens is 640 g/mol. The Kier molecular flexibility index (Phi) is 11.0. The van der Waals surface area contributed by atoms with E-state index in [1.54, 1.807) is 12.1 Å². The second kappa shape index (κ2) is 15.8. The van der Waals surface area contributed by atoms with Gasteiger partial charge in [0, 0.05) is 0 Å². The molecule has 0 radical (unpaired) electrons. The van der Waals surface area contributed by atoms with E-state index >= 15 is 0 Å². The maximum atomic E-state index is 13.9. The molecule has 51 heavy (non-hydrogen) atoms. The predicted octanol–water partition coefficient (Wildman–Crippen LogP) is 8.56. The van der Waals surface area contributed by atoms with E-state index in [-0.39, 0.29) is 30.1 Å².